The van der Waals surface area contributed by atoms with Crippen LogP contribution >= 0.6 is 23.5 Å². The fourth-order valence-electron chi connectivity index (χ4n) is 4.14. The molecular weight excluding hydrogens is 715 g/mol. The van der Waals surface area contributed by atoms with Crippen molar-refractivity contribution < 1.29 is 80.8 Å². The smallest absolute Gasteiger partial charge is 0.395 e. The number of aliphatic hydroxyl groups is 3. The van der Waals surface area contributed by atoms with E-state index in [0.717, 1.165) is 17.2 Å². The second-order valence-electron chi connectivity index (χ2n) is 10.8. The molecule has 1 aliphatic heterocycles. The molecule has 48 heavy (non-hydrogen) atoms. The third kappa shape index (κ3) is 11.0. The van der Waals surface area contributed by atoms with E-state index in [-0.39, 0.29) is 43.1 Å². The highest BCUT2D eigenvalue weighted by atomic mass is 31.3. The summed E-state index contributed by atoms with van der Waals surface area (Å²) in [5, 5.41) is 34.5. The van der Waals surface area contributed by atoms with Gasteiger partial charge in [0.15, 0.2) is 17.7 Å². The molecule has 3 heterocycles. The molecule has 0 bridgehead atoms. The number of aromatic nitrogens is 4. The number of phosphoric acid groups is 3. The Kier molecular flexibility index (Phi) is 13.3. The first-order valence-corrected chi connectivity index (χ1v) is 18.2. The molecule has 7 atom stereocenters. The number of phosphoric ester groups is 3. The summed E-state index contributed by atoms with van der Waals surface area (Å²) >= 11 is 0. The molecule has 2 unspecified atom stereocenters. The number of rotatable bonds is 18. The van der Waals surface area contributed by atoms with Crippen LogP contribution in [0.1, 0.15) is 26.5 Å². The molecule has 2 aromatic heterocycles. The molecule has 0 aromatic carbocycles. The van der Waals surface area contributed by atoms with Crippen LogP contribution in [0.4, 0.5) is 5.82 Å². The summed E-state index contributed by atoms with van der Waals surface area (Å²) < 4.78 is 61.6. The number of carbonyl (C=O) groups is 2. The highest BCUT2D eigenvalue weighted by Gasteiger charge is 2.50. The number of carbonyl (C=O) groups excluding carboxylic acids is 2. The molecule has 1 aliphatic rings. The van der Waals surface area contributed by atoms with Crippen molar-refractivity contribution in [3.63, 3.8) is 0 Å². The third-order valence-corrected chi connectivity index (χ3v) is 9.61. The monoisotopic (exact) mass is 751 g/mol. The molecule has 272 valence electrons. The molecule has 27 heteroatoms. The lowest BCUT2D eigenvalue weighted by Crippen LogP contribution is -2.46. The molecular formula is C21H36N7O17P3. The van der Waals surface area contributed by atoms with Crippen LogP contribution in [0.2, 0.25) is 0 Å². The van der Waals surface area contributed by atoms with E-state index in [1.807, 2.05) is 0 Å². The summed E-state index contributed by atoms with van der Waals surface area (Å²) in [7, 11) is -16.3. The second-order valence-corrected chi connectivity index (χ2v) is 15.0. The van der Waals surface area contributed by atoms with Crippen molar-refractivity contribution in [1.82, 2.24) is 30.2 Å². The SMILES string of the molecule is CC(C)(COP(=O)(O)OP(=O)(O)OC[C@H]1O[C@@H](n2cnc3c(N)ncnc32)[C@H](O)[C@@H]1OP(=O)(O)O)[C@@H](O)C(=O)NCCC(=O)NCCO. The topological polar surface area (TPSA) is 367 Å². The van der Waals surface area contributed by atoms with Crippen LogP contribution < -0.4 is 16.4 Å². The fraction of sp³-hybridized carbons (Fsp3) is 0.667. The van der Waals surface area contributed by atoms with Gasteiger partial charge in [-0.05, 0) is 0 Å². The van der Waals surface area contributed by atoms with Crippen LogP contribution in [0, 0.1) is 5.41 Å². The minimum Gasteiger partial charge on any atom is -0.395 e. The molecule has 2 aromatic rings. The van der Waals surface area contributed by atoms with Crippen molar-refractivity contribution in [1.29, 1.82) is 0 Å². The number of aliphatic hydroxyl groups excluding tert-OH is 3. The Hall–Kier alpha value is -2.50. The molecule has 0 saturated carbocycles. The minimum absolute atomic E-state index is 0.00865. The standard InChI is InChI=1S/C21H36N7O17P3/c1-21(2,16(32)19(33)24-4-3-12(30)23-5-6-29)8-42-48(39,40)45-47(37,38)41-7-11-15(44-46(34,35)36)14(31)20(43-11)28-10-27-13-17(22)25-9-26-18(13)28/h9-11,14-16,20,29,31-32H,3-8H2,1-2H3,(H,23,30)(H,24,33)(H,37,38)(H,39,40)(H2,22,25,26)(H2,34,35,36)/t11-,14-,15-,16+,20-/m1/s1. The maximum Gasteiger partial charge on any atom is 0.481 e. The second kappa shape index (κ2) is 16.0. The Morgan fingerprint density at radius 3 is 2.40 bits per heavy atom. The highest BCUT2D eigenvalue weighted by molar-refractivity contribution is 7.61. The fourth-order valence-corrected chi connectivity index (χ4v) is 6.96. The predicted octanol–water partition coefficient (Wildman–Crippen LogP) is -2.60. The van der Waals surface area contributed by atoms with E-state index in [1.165, 1.54) is 13.8 Å². The predicted molar refractivity (Wildman–Crippen MR) is 157 cm³/mol. The summed E-state index contributed by atoms with van der Waals surface area (Å²) in [6.45, 7) is 0.00730. The summed E-state index contributed by atoms with van der Waals surface area (Å²) in [6, 6.07) is 0. The Balaban J connectivity index is 1.61. The third-order valence-electron chi connectivity index (χ3n) is 6.51. The molecule has 0 spiro atoms. The van der Waals surface area contributed by atoms with Crippen molar-refractivity contribution in [3.8, 4) is 0 Å². The van der Waals surface area contributed by atoms with Crippen molar-refractivity contribution in [3.05, 3.63) is 12.7 Å². The quantitative estimate of drug-likeness (QED) is 0.0698. The van der Waals surface area contributed by atoms with Gasteiger partial charge in [0.2, 0.25) is 11.8 Å². The molecule has 0 radical (unpaired) electrons. The number of nitrogen functional groups attached to an aromatic ring is 1. The summed E-state index contributed by atoms with van der Waals surface area (Å²) in [4.78, 5) is 74.5. The number of nitrogens with two attached hydrogens (primary N) is 1. The largest absolute Gasteiger partial charge is 0.481 e. The van der Waals surface area contributed by atoms with E-state index < -0.39 is 84.6 Å². The molecule has 1 saturated heterocycles. The highest BCUT2D eigenvalue weighted by Crippen LogP contribution is 2.61. The maximum atomic E-state index is 12.6. The average Bonchev–Trinajstić information content (AvgIpc) is 3.54. The molecule has 24 nitrogen and oxygen atoms in total. The van der Waals surface area contributed by atoms with Gasteiger partial charge < -0.3 is 56.0 Å². The van der Waals surface area contributed by atoms with E-state index in [2.05, 4.69) is 34.4 Å². The molecule has 3 rings (SSSR count). The number of ether oxygens (including phenoxy) is 1. The number of fused-ring (bicyclic) bond motifs is 1. The average molecular weight is 751 g/mol. The zero-order valence-corrected chi connectivity index (χ0v) is 27.9. The lowest BCUT2D eigenvalue weighted by molar-refractivity contribution is -0.137. The van der Waals surface area contributed by atoms with Crippen LogP contribution in [0.25, 0.3) is 11.2 Å². The van der Waals surface area contributed by atoms with Gasteiger partial charge in [0.1, 0.15) is 36.3 Å². The van der Waals surface area contributed by atoms with Crippen molar-refractivity contribution >= 4 is 52.3 Å². The van der Waals surface area contributed by atoms with Crippen LogP contribution in [-0.4, -0.2) is 124 Å². The van der Waals surface area contributed by atoms with Gasteiger partial charge in [0.05, 0.1) is 26.1 Å². The van der Waals surface area contributed by atoms with E-state index in [4.69, 9.17) is 24.6 Å². The van der Waals surface area contributed by atoms with Crippen LogP contribution in [0.5, 0.6) is 0 Å². The zero-order chi connectivity index (χ0) is 36.1. The number of amides is 2. The van der Waals surface area contributed by atoms with E-state index in [0.29, 0.717) is 0 Å². The molecule has 1 fully saturated rings. The Labute approximate surface area is 271 Å². The number of hydrogen-bond donors (Lipinski definition) is 10. The number of hydrogen-bond acceptors (Lipinski definition) is 17. The Morgan fingerprint density at radius 1 is 1.08 bits per heavy atom. The first kappa shape index (κ1) is 39.9. The van der Waals surface area contributed by atoms with Gasteiger partial charge in [-0.1, -0.05) is 13.8 Å². The van der Waals surface area contributed by atoms with Gasteiger partial charge in [-0.3, -0.25) is 27.7 Å². The van der Waals surface area contributed by atoms with Crippen LogP contribution in [0.15, 0.2) is 12.7 Å². The van der Waals surface area contributed by atoms with E-state index in [9.17, 15) is 53.1 Å². The van der Waals surface area contributed by atoms with Crippen molar-refractivity contribution in [2.45, 2.75) is 50.9 Å². The Morgan fingerprint density at radius 2 is 1.75 bits per heavy atom. The first-order valence-electron chi connectivity index (χ1n) is 13.7. The van der Waals surface area contributed by atoms with Gasteiger partial charge in [-0.2, -0.15) is 4.31 Å². The van der Waals surface area contributed by atoms with Gasteiger partial charge >= 0.3 is 23.5 Å². The molecule has 11 N–H and O–H groups in total. The van der Waals surface area contributed by atoms with Crippen LogP contribution in [0.3, 0.4) is 0 Å². The number of nitrogens with one attached hydrogen (secondary N) is 2. The van der Waals surface area contributed by atoms with E-state index >= 15 is 0 Å². The summed E-state index contributed by atoms with van der Waals surface area (Å²) in [5.74, 6) is -1.50. The van der Waals surface area contributed by atoms with Crippen molar-refractivity contribution in [2.75, 3.05) is 38.6 Å². The number of nitrogens with zero attached hydrogens (tertiary/aromatic N) is 4. The van der Waals surface area contributed by atoms with Gasteiger partial charge in [-0.15, -0.1) is 0 Å². The Bertz CT molecular complexity index is 1590. The lowest BCUT2D eigenvalue weighted by Gasteiger charge is -2.30. The van der Waals surface area contributed by atoms with E-state index in [1.54, 1.807) is 0 Å². The first-order chi connectivity index (χ1) is 22.2. The minimum atomic E-state index is -5.55. The van der Waals surface area contributed by atoms with Gasteiger partial charge in [-0.25, -0.2) is 28.6 Å². The summed E-state index contributed by atoms with van der Waals surface area (Å²) in [6.07, 6.45) is -6.88. The molecule has 2 amide bonds. The summed E-state index contributed by atoms with van der Waals surface area (Å²) in [5.41, 5.74) is 4.26. The number of anilines is 1. The van der Waals surface area contributed by atoms with Crippen LogP contribution in [-0.2, 0) is 45.9 Å². The number of imidazole rings is 1. The lowest BCUT2D eigenvalue weighted by atomic mass is 9.87. The van der Waals surface area contributed by atoms with Crippen molar-refractivity contribution in [2.24, 2.45) is 5.41 Å². The maximum absolute atomic E-state index is 12.6. The normalized spacial score (nSPS) is 23.4. The zero-order valence-electron chi connectivity index (χ0n) is 25.2. The van der Waals surface area contributed by atoms with Gasteiger partial charge in [0, 0.05) is 24.9 Å². The molecule has 0 aliphatic carbocycles. The van der Waals surface area contributed by atoms with Gasteiger partial charge in [0.25, 0.3) is 0 Å².